The summed E-state index contributed by atoms with van der Waals surface area (Å²) in [5.74, 6) is -1.05. The van der Waals surface area contributed by atoms with E-state index < -0.39 is 31.8 Å². The number of aromatic nitrogens is 5. The summed E-state index contributed by atoms with van der Waals surface area (Å²) in [5.41, 5.74) is 1.33. The molecule has 2 N–H and O–H groups in total. The van der Waals surface area contributed by atoms with Gasteiger partial charge in [0.25, 0.3) is 0 Å². The van der Waals surface area contributed by atoms with Crippen LogP contribution in [0.1, 0.15) is 59.2 Å². The van der Waals surface area contributed by atoms with E-state index in [-0.39, 0.29) is 52.1 Å². The number of nitrogens with zero attached hydrogens (tertiary/aromatic N) is 6. The number of hydrogen-bond donors (Lipinski definition) is 2. The van der Waals surface area contributed by atoms with Crippen molar-refractivity contribution in [3.8, 4) is 17.0 Å². The summed E-state index contributed by atoms with van der Waals surface area (Å²) in [6, 6.07) is 0.999. The predicted molar refractivity (Wildman–Crippen MR) is 136 cm³/mol. The highest BCUT2D eigenvalue weighted by Gasteiger charge is 2.37. The minimum absolute atomic E-state index is 0.0739. The number of Topliss-reactive ketones (excluding diaryl/α,β-unsaturated/α-hetero) is 1. The molecule has 3 aromatic heterocycles. The van der Waals surface area contributed by atoms with Crippen LogP contribution in [0.3, 0.4) is 0 Å². The van der Waals surface area contributed by atoms with Crippen molar-refractivity contribution >= 4 is 34.7 Å². The van der Waals surface area contributed by atoms with Gasteiger partial charge in [0.15, 0.2) is 18.2 Å². The highest BCUT2D eigenvalue weighted by Crippen LogP contribution is 2.50. The van der Waals surface area contributed by atoms with Gasteiger partial charge in [-0.3, -0.25) is 9.59 Å². The van der Waals surface area contributed by atoms with Gasteiger partial charge in [0.2, 0.25) is 5.91 Å². The van der Waals surface area contributed by atoms with Crippen LogP contribution in [0.2, 0.25) is 0 Å². The average molecular weight is 548 g/mol. The Morgan fingerprint density at radius 3 is 2.67 bits per heavy atom. The Labute approximate surface area is 226 Å². The number of pyridine rings is 2. The van der Waals surface area contributed by atoms with Gasteiger partial charge in [-0.25, -0.2) is 9.97 Å². The second kappa shape index (κ2) is 9.82. The van der Waals surface area contributed by atoms with Gasteiger partial charge in [-0.15, -0.1) is 0 Å². The van der Waals surface area contributed by atoms with Crippen LogP contribution in [0.25, 0.3) is 11.3 Å². The van der Waals surface area contributed by atoms with Crippen molar-refractivity contribution in [3.63, 3.8) is 0 Å². The van der Waals surface area contributed by atoms with Crippen LogP contribution in [0.5, 0.6) is 5.75 Å². The van der Waals surface area contributed by atoms with Gasteiger partial charge >= 0.3 is 6.18 Å². The third-order valence-corrected chi connectivity index (χ3v) is 6.53. The Hall–Kier alpha value is -4.23. The number of amides is 1. The first-order chi connectivity index (χ1) is 19.6. The number of fused-ring (bicyclic) bond motifs is 3. The van der Waals surface area contributed by atoms with Crippen molar-refractivity contribution in [2.45, 2.75) is 45.3 Å². The molecule has 0 aromatic carbocycles. The smallest absolute Gasteiger partial charge is 0.422 e. The van der Waals surface area contributed by atoms with Gasteiger partial charge in [-0.2, -0.15) is 28.2 Å². The van der Waals surface area contributed by atoms with Crippen LogP contribution in [-0.2, 0) is 11.8 Å². The Kier molecular flexibility index (Phi) is 5.72. The molecule has 0 bridgehead atoms. The molecule has 206 valence electrons. The summed E-state index contributed by atoms with van der Waals surface area (Å²) in [6.07, 6.45) is -1.61. The summed E-state index contributed by atoms with van der Waals surface area (Å²) in [4.78, 5) is 36.9. The van der Waals surface area contributed by atoms with E-state index in [1.165, 1.54) is 17.1 Å². The second-order valence-electron chi connectivity index (χ2n) is 9.41. The first-order valence-corrected chi connectivity index (χ1v) is 12.1. The quantitative estimate of drug-likeness (QED) is 0.394. The zero-order valence-electron chi connectivity index (χ0n) is 24.3. The SMILES string of the molecule is [2H]C([2H])([2H])CC(=O)c1cnc(NC(=O)C2CC2)cc1Nc1ncc(OCC(F)(F)F)c2c1N(C)[C@H](C)c1nn(C)nc1-2. The summed E-state index contributed by atoms with van der Waals surface area (Å²) in [7, 11) is 3.27. The number of anilines is 4. The van der Waals surface area contributed by atoms with Crippen molar-refractivity contribution in [1.82, 2.24) is 25.0 Å². The molecule has 1 atom stereocenters. The molecule has 1 fully saturated rings. The van der Waals surface area contributed by atoms with Crippen LogP contribution >= 0.6 is 0 Å². The number of aryl methyl sites for hydroxylation is 1. The summed E-state index contributed by atoms with van der Waals surface area (Å²) < 4.78 is 67.0. The Bertz CT molecular complexity index is 1560. The minimum Gasteiger partial charge on any atom is -0.482 e. The van der Waals surface area contributed by atoms with Gasteiger partial charge < -0.3 is 20.3 Å². The summed E-state index contributed by atoms with van der Waals surface area (Å²) in [5, 5.41) is 14.5. The fraction of sp³-hybridized carbons (Fsp3) is 0.440. The maximum Gasteiger partial charge on any atom is 0.422 e. The molecular weight excluding hydrogens is 517 g/mol. The fourth-order valence-corrected chi connectivity index (χ4v) is 4.32. The molecule has 5 rings (SSSR count). The van der Waals surface area contributed by atoms with Crippen LogP contribution in [0, 0.1) is 5.92 Å². The lowest BCUT2D eigenvalue weighted by Crippen LogP contribution is -2.28. The number of carbonyl (C=O) groups excluding carboxylic acids is 2. The third-order valence-electron chi connectivity index (χ3n) is 6.53. The van der Waals surface area contributed by atoms with Crippen molar-refractivity contribution < 1.29 is 31.6 Å². The molecular formula is C25H27F3N8O3. The van der Waals surface area contributed by atoms with E-state index in [0.717, 1.165) is 19.0 Å². The average Bonchev–Trinajstić information content (AvgIpc) is 3.66. The largest absolute Gasteiger partial charge is 0.482 e. The highest BCUT2D eigenvalue weighted by atomic mass is 19.4. The normalized spacial score (nSPS) is 17.8. The Morgan fingerprint density at radius 1 is 1.21 bits per heavy atom. The van der Waals surface area contributed by atoms with Gasteiger partial charge in [0, 0.05) is 42.8 Å². The molecule has 1 aliphatic carbocycles. The molecule has 0 saturated heterocycles. The number of rotatable bonds is 8. The van der Waals surface area contributed by atoms with Gasteiger partial charge in [-0.1, -0.05) is 6.85 Å². The van der Waals surface area contributed by atoms with E-state index in [1.54, 1.807) is 19.0 Å². The molecule has 2 aliphatic rings. The molecule has 14 heteroatoms. The number of alkyl halides is 3. The van der Waals surface area contributed by atoms with Crippen molar-refractivity contribution in [3.05, 3.63) is 29.7 Å². The zero-order chi connectivity index (χ0) is 30.6. The van der Waals surface area contributed by atoms with Crippen molar-refractivity contribution in [1.29, 1.82) is 0 Å². The number of halogens is 3. The van der Waals surface area contributed by atoms with Gasteiger partial charge in [0.1, 0.15) is 23.0 Å². The van der Waals surface area contributed by atoms with Crippen LogP contribution < -0.4 is 20.3 Å². The van der Waals surface area contributed by atoms with E-state index in [1.807, 2.05) is 6.92 Å². The van der Waals surface area contributed by atoms with E-state index in [9.17, 15) is 22.8 Å². The first kappa shape index (κ1) is 22.7. The molecule has 1 aliphatic heterocycles. The molecule has 39 heavy (non-hydrogen) atoms. The first-order valence-electron chi connectivity index (χ1n) is 13.6. The number of nitrogens with one attached hydrogen (secondary N) is 2. The van der Waals surface area contributed by atoms with E-state index in [4.69, 9.17) is 8.85 Å². The molecule has 3 aromatic rings. The lowest BCUT2D eigenvalue weighted by atomic mass is 9.97. The van der Waals surface area contributed by atoms with E-state index in [0.29, 0.717) is 17.1 Å². The number of ether oxygens (including phenoxy) is 1. The fourth-order valence-electron chi connectivity index (χ4n) is 4.32. The predicted octanol–water partition coefficient (Wildman–Crippen LogP) is 4.41. The lowest BCUT2D eigenvalue weighted by Gasteiger charge is -2.34. The summed E-state index contributed by atoms with van der Waals surface area (Å²) >= 11 is 0. The highest BCUT2D eigenvalue weighted by molar-refractivity contribution is 6.03. The molecule has 0 spiro atoms. The third kappa shape index (κ3) is 5.22. The monoisotopic (exact) mass is 547 g/mol. The van der Waals surface area contributed by atoms with Crippen molar-refractivity contribution in [2.75, 3.05) is 29.2 Å². The molecule has 11 nitrogen and oxygen atoms in total. The van der Waals surface area contributed by atoms with Gasteiger partial charge in [-0.05, 0) is 19.8 Å². The number of carbonyl (C=O) groups is 2. The molecule has 4 heterocycles. The summed E-state index contributed by atoms with van der Waals surface area (Å²) in [6.45, 7) is -2.29. The topological polar surface area (TPSA) is 127 Å². The Morgan fingerprint density at radius 2 is 1.97 bits per heavy atom. The zero-order valence-corrected chi connectivity index (χ0v) is 21.3. The molecule has 1 amide bonds. The number of ketones is 1. The van der Waals surface area contributed by atoms with Crippen molar-refractivity contribution in [2.24, 2.45) is 13.0 Å². The molecule has 1 saturated carbocycles. The van der Waals surface area contributed by atoms with Gasteiger partial charge in [0.05, 0.1) is 34.7 Å². The van der Waals surface area contributed by atoms with E-state index >= 15 is 0 Å². The van der Waals surface area contributed by atoms with Crippen LogP contribution in [0.4, 0.5) is 36.2 Å². The maximum absolute atomic E-state index is 13.1. The van der Waals surface area contributed by atoms with E-state index in [2.05, 4.69) is 30.8 Å². The Balaban J connectivity index is 1.62. The minimum atomic E-state index is -4.61. The standard InChI is InChI=1S/C25H27F3N8O3/c1-5-16(37)14-9-29-18(32-24(38)13-6-7-13)8-15(14)31-23-22-19(17(10-30-23)39-11-25(26,27)28)21-20(12(2)35(22)3)33-36(4)34-21/h8-10,12-13H,5-7,11H2,1-4H3,(H2,29,30,31,32,38)/t12-/m1/s1/i1D3. The van der Waals surface area contributed by atoms with Crippen LogP contribution in [0.15, 0.2) is 18.5 Å². The maximum atomic E-state index is 13.1. The van der Waals surface area contributed by atoms with Crippen LogP contribution in [-0.4, -0.2) is 56.5 Å². The second-order valence-corrected chi connectivity index (χ2v) is 9.41. The number of hydrogen-bond acceptors (Lipinski definition) is 9. The molecule has 0 unspecified atom stereocenters. The lowest BCUT2D eigenvalue weighted by molar-refractivity contribution is -0.153. The molecule has 0 radical (unpaired) electrons.